The van der Waals surface area contributed by atoms with E-state index in [1.165, 1.54) is 0 Å². The van der Waals surface area contributed by atoms with Crippen molar-refractivity contribution >= 4 is 41.7 Å². The Bertz CT molecular complexity index is 261. The summed E-state index contributed by atoms with van der Waals surface area (Å²) >= 11 is 1.92. The zero-order valence-corrected chi connectivity index (χ0v) is 15.2. The Hall–Kier alpha value is 0.270. The Morgan fingerprint density at radius 3 is 2.58 bits per heavy atom. The molecule has 0 radical (unpaired) electrons. The van der Waals surface area contributed by atoms with Crippen molar-refractivity contribution in [2.24, 2.45) is 4.99 Å². The molecule has 1 heterocycles. The molecule has 19 heavy (non-hydrogen) atoms. The van der Waals surface area contributed by atoms with Gasteiger partial charge in [0.2, 0.25) is 0 Å². The van der Waals surface area contributed by atoms with Crippen LogP contribution >= 0.6 is 35.7 Å². The fraction of sp³-hybridized carbons (Fsp3) is 0.917. The van der Waals surface area contributed by atoms with Crippen LogP contribution in [-0.4, -0.2) is 64.0 Å². The standard InChI is InChI=1S/C12H25N3O2S.HI/c1-13-11(14-6-9-16-2)15-10-12(18-3)4-7-17-8-5-12;/h4-10H2,1-3H3,(H2,13,14,15);1H. The fourth-order valence-corrected chi connectivity index (χ4v) is 2.72. The highest BCUT2D eigenvalue weighted by Gasteiger charge is 2.31. The summed E-state index contributed by atoms with van der Waals surface area (Å²) in [5.41, 5.74) is 0. The second-order valence-electron chi connectivity index (χ2n) is 4.34. The molecule has 0 aromatic carbocycles. The second kappa shape index (κ2) is 11.0. The third kappa shape index (κ3) is 7.01. The normalized spacial score (nSPS) is 18.6. The van der Waals surface area contributed by atoms with E-state index in [0.717, 1.165) is 45.1 Å². The number of halogens is 1. The van der Waals surface area contributed by atoms with Crippen LogP contribution in [0.2, 0.25) is 0 Å². The van der Waals surface area contributed by atoms with Crippen LogP contribution < -0.4 is 10.6 Å². The first-order valence-corrected chi connectivity index (χ1v) is 7.55. The topological polar surface area (TPSA) is 54.9 Å². The first kappa shape index (κ1) is 19.3. The van der Waals surface area contributed by atoms with Crippen LogP contribution in [0, 0.1) is 0 Å². The SMILES string of the molecule is CN=C(NCCOC)NCC1(SC)CCOCC1.I. The van der Waals surface area contributed by atoms with Gasteiger partial charge in [0, 0.05) is 45.2 Å². The van der Waals surface area contributed by atoms with Crippen LogP contribution in [0.25, 0.3) is 0 Å². The molecule has 0 atom stereocenters. The number of guanidine groups is 1. The molecule has 1 aliphatic rings. The second-order valence-corrected chi connectivity index (χ2v) is 5.62. The predicted octanol–water partition coefficient (Wildman–Crippen LogP) is 1.33. The quantitative estimate of drug-likeness (QED) is 0.303. The lowest BCUT2D eigenvalue weighted by molar-refractivity contribution is 0.0782. The summed E-state index contributed by atoms with van der Waals surface area (Å²) < 4.78 is 10.7. The van der Waals surface area contributed by atoms with Gasteiger partial charge in [-0.3, -0.25) is 4.99 Å². The van der Waals surface area contributed by atoms with Crippen LogP contribution in [-0.2, 0) is 9.47 Å². The van der Waals surface area contributed by atoms with Crippen molar-refractivity contribution in [3.8, 4) is 0 Å². The van der Waals surface area contributed by atoms with E-state index in [-0.39, 0.29) is 28.7 Å². The van der Waals surface area contributed by atoms with Gasteiger partial charge < -0.3 is 20.1 Å². The summed E-state index contributed by atoms with van der Waals surface area (Å²) in [6.07, 6.45) is 4.36. The number of nitrogens with zero attached hydrogens (tertiary/aromatic N) is 1. The van der Waals surface area contributed by atoms with Crippen LogP contribution in [0.3, 0.4) is 0 Å². The van der Waals surface area contributed by atoms with Gasteiger partial charge in [-0.1, -0.05) is 0 Å². The Labute approximate surface area is 137 Å². The maximum Gasteiger partial charge on any atom is 0.191 e. The Morgan fingerprint density at radius 1 is 1.37 bits per heavy atom. The summed E-state index contributed by atoms with van der Waals surface area (Å²) in [6, 6.07) is 0. The molecular weight excluding hydrogens is 377 g/mol. The molecule has 0 amide bonds. The Kier molecular flexibility index (Phi) is 11.1. The summed E-state index contributed by atoms with van der Waals surface area (Å²) in [7, 11) is 3.49. The molecule has 5 nitrogen and oxygen atoms in total. The maximum absolute atomic E-state index is 5.44. The van der Waals surface area contributed by atoms with Crippen LogP contribution in [0.4, 0.5) is 0 Å². The number of ether oxygens (including phenoxy) is 2. The van der Waals surface area contributed by atoms with Crippen LogP contribution in [0.5, 0.6) is 0 Å². The zero-order valence-electron chi connectivity index (χ0n) is 12.0. The largest absolute Gasteiger partial charge is 0.383 e. The van der Waals surface area contributed by atoms with Crippen molar-refractivity contribution in [3.63, 3.8) is 0 Å². The van der Waals surface area contributed by atoms with Gasteiger partial charge in [-0.15, -0.1) is 24.0 Å². The van der Waals surface area contributed by atoms with E-state index in [2.05, 4.69) is 21.9 Å². The molecular formula is C12H26IN3O2S. The highest BCUT2D eigenvalue weighted by atomic mass is 127. The monoisotopic (exact) mass is 403 g/mol. The van der Waals surface area contributed by atoms with E-state index in [0.29, 0.717) is 6.61 Å². The molecule has 0 aromatic heterocycles. The van der Waals surface area contributed by atoms with E-state index in [4.69, 9.17) is 9.47 Å². The molecule has 1 rings (SSSR count). The number of thioether (sulfide) groups is 1. The van der Waals surface area contributed by atoms with Gasteiger partial charge in [0.05, 0.1) is 6.61 Å². The molecule has 0 saturated carbocycles. The third-order valence-corrected chi connectivity index (χ3v) is 4.66. The highest BCUT2D eigenvalue weighted by molar-refractivity contribution is 14.0. The number of nitrogens with one attached hydrogen (secondary N) is 2. The fourth-order valence-electron chi connectivity index (χ4n) is 1.93. The Balaban J connectivity index is 0.00000324. The smallest absolute Gasteiger partial charge is 0.191 e. The van der Waals surface area contributed by atoms with Crippen molar-refractivity contribution in [1.29, 1.82) is 0 Å². The van der Waals surface area contributed by atoms with Gasteiger partial charge in [-0.25, -0.2) is 0 Å². The van der Waals surface area contributed by atoms with Gasteiger partial charge in [0.25, 0.3) is 0 Å². The average molecular weight is 403 g/mol. The summed E-state index contributed by atoms with van der Waals surface area (Å²) in [5, 5.41) is 6.62. The number of rotatable bonds is 6. The lowest BCUT2D eigenvalue weighted by Gasteiger charge is -2.36. The van der Waals surface area contributed by atoms with Crippen molar-refractivity contribution in [2.75, 3.05) is 53.3 Å². The van der Waals surface area contributed by atoms with E-state index < -0.39 is 0 Å². The molecule has 0 aliphatic carbocycles. The minimum Gasteiger partial charge on any atom is -0.383 e. The molecule has 1 saturated heterocycles. The maximum atomic E-state index is 5.44. The zero-order chi connectivity index (χ0) is 13.3. The first-order valence-electron chi connectivity index (χ1n) is 6.33. The third-order valence-electron chi connectivity index (χ3n) is 3.24. The molecule has 0 aromatic rings. The van der Waals surface area contributed by atoms with Crippen LogP contribution in [0.15, 0.2) is 4.99 Å². The van der Waals surface area contributed by atoms with Gasteiger partial charge in [-0.05, 0) is 19.1 Å². The Morgan fingerprint density at radius 2 is 2.05 bits per heavy atom. The molecule has 0 spiro atoms. The van der Waals surface area contributed by atoms with Crippen molar-refractivity contribution in [1.82, 2.24) is 10.6 Å². The molecule has 1 aliphatic heterocycles. The lowest BCUT2D eigenvalue weighted by atomic mass is 9.99. The van der Waals surface area contributed by atoms with E-state index in [9.17, 15) is 0 Å². The van der Waals surface area contributed by atoms with Crippen LogP contribution in [0.1, 0.15) is 12.8 Å². The van der Waals surface area contributed by atoms with E-state index in [1.807, 2.05) is 11.8 Å². The number of aliphatic imine (C=N–C) groups is 1. The summed E-state index contributed by atoms with van der Waals surface area (Å²) in [4.78, 5) is 4.21. The minimum absolute atomic E-state index is 0. The van der Waals surface area contributed by atoms with E-state index in [1.54, 1.807) is 14.2 Å². The van der Waals surface area contributed by atoms with Gasteiger partial charge >= 0.3 is 0 Å². The number of methoxy groups -OCH3 is 1. The van der Waals surface area contributed by atoms with Crippen molar-refractivity contribution in [3.05, 3.63) is 0 Å². The van der Waals surface area contributed by atoms with E-state index >= 15 is 0 Å². The number of hydrogen-bond donors (Lipinski definition) is 2. The van der Waals surface area contributed by atoms with Gasteiger partial charge in [-0.2, -0.15) is 11.8 Å². The molecule has 0 unspecified atom stereocenters. The van der Waals surface area contributed by atoms with Crippen molar-refractivity contribution < 1.29 is 9.47 Å². The molecule has 1 fully saturated rings. The average Bonchev–Trinajstić information content (AvgIpc) is 2.43. The molecule has 0 bridgehead atoms. The van der Waals surface area contributed by atoms with Gasteiger partial charge in [0.1, 0.15) is 0 Å². The minimum atomic E-state index is 0. The summed E-state index contributed by atoms with van der Waals surface area (Å²) in [5.74, 6) is 0.840. The number of hydrogen-bond acceptors (Lipinski definition) is 4. The lowest BCUT2D eigenvalue weighted by Crippen LogP contribution is -2.48. The molecule has 2 N–H and O–H groups in total. The van der Waals surface area contributed by atoms with Gasteiger partial charge in [0.15, 0.2) is 5.96 Å². The molecule has 7 heteroatoms. The molecule has 114 valence electrons. The highest BCUT2D eigenvalue weighted by Crippen LogP contribution is 2.32. The summed E-state index contributed by atoms with van der Waals surface area (Å²) in [6.45, 7) is 4.09. The van der Waals surface area contributed by atoms with Crippen molar-refractivity contribution in [2.45, 2.75) is 17.6 Å². The predicted molar refractivity (Wildman–Crippen MR) is 93.0 cm³/mol. The first-order chi connectivity index (χ1) is 8.76.